The normalized spacial score (nSPS) is 13.3. The molecule has 0 atom stereocenters. The monoisotopic (exact) mass is 384 g/mol. The highest BCUT2D eigenvalue weighted by molar-refractivity contribution is 5.96. The fourth-order valence-electron chi connectivity index (χ4n) is 2.93. The highest BCUT2D eigenvalue weighted by Crippen LogP contribution is 2.28. The summed E-state index contributed by atoms with van der Waals surface area (Å²) in [6, 6.07) is 13.3. The summed E-state index contributed by atoms with van der Waals surface area (Å²) in [5, 5.41) is 2.66. The summed E-state index contributed by atoms with van der Waals surface area (Å²) >= 11 is 0. The van der Waals surface area contributed by atoms with Crippen LogP contribution in [-0.4, -0.2) is 35.4 Å². The van der Waals surface area contributed by atoms with Crippen LogP contribution >= 0.6 is 0 Å². The van der Waals surface area contributed by atoms with Crippen LogP contribution in [-0.2, 0) is 11.3 Å². The molecule has 28 heavy (non-hydrogen) atoms. The Morgan fingerprint density at radius 3 is 2.43 bits per heavy atom. The molecule has 1 aliphatic rings. The number of nitrogens with one attached hydrogen (secondary N) is 1. The first-order valence-electron chi connectivity index (χ1n) is 9.52. The number of carbonyl (C=O) groups is 2. The molecule has 2 aromatic rings. The lowest BCUT2D eigenvalue weighted by molar-refractivity contribution is -0.131. The third-order valence-electron chi connectivity index (χ3n) is 4.49. The quantitative estimate of drug-likeness (QED) is 0.757. The second kappa shape index (κ2) is 8.87. The zero-order chi connectivity index (χ0) is 20.1. The average molecular weight is 384 g/mol. The van der Waals surface area contributed by atoms with Crippen LogP contribution in [0.15, 0.2) is 48.5 Å². The molecule has 3 rings (SSSR count). The second-order valence-corrected chi connectivity index (χ2v) is 7.22. The van der Waals surface area contributed by atoms with E-state index in [9.17, 15) is 14.0 Å². The van der Waals surface area contributed by atoms with E-state index in [0.717, 1.165) is 12.8 Å². The fourth-order valence-corrected chi connectivity index (χ4v) is 2.93. The van der Waals surface area contributed by atoms with Crippen molar-refractivity contribution < 1.29 is 18.7 Å². The summed E-state index contributed by atoms with van der Waals surface area (Å²) in [4.78, 5) is 26.6. The highest BCUT2D eigenvalue weighted by atomic mass is 19.1. The van der Waals surface area contributed by atoms with Gasteiger partial charge in [0, 0.05) is 23.7 Å². The van der Waals surface area contributed by atoms with Gasteiger partial charge >= 0.3 is 0 Å². The minimum atomic E-state index is -0.328. The summed E-state index contributed by atoms with van der Waals surface area (Å²) in [6.07, 6.45) is 1.87. The molecule has 0 heterocycles. The fraction of sp³-hybridized carbons (Fsp3) is 0.364. The van der Waals surface area contributed by atoms with Gasteiger partial charge in [0.1, 0.15) is 11.6 Å². The Bertz CT molecular complexity index is 832. The van der Waals surface area contributed by atoms with Crippen molar-refractivity contribution in [2.45, 2.75) is 45.4 Å². The van der Waals surface area contributed by atoms with E-state index in [1.54, 1.807) is 47.4 Å². The van der Waals surface area contributed by atoms with Crippen molar-refractivity contribution in [2.24, 2.45) is 0 Å². The number of benzene rings is 2. The van der Waals surface area contributed by atoms with Gasteiger partial charge in [-0.05, 0) is 57.0 Å². The lowest BCUT2D eigenvalue weighted by Crippen LogP contribution is -2.41. The number of carbonyl (C=O) groups excluding carboxylic acids is 2. The van der Waals surface area contributed by atoms with E-state index in [0.29, 0.717) is 16.9 Å². The topological polar surface area (TPSA) is 58.6 Å². The zero-order valence-electron chi connectivity index (χ0n) is 16.2. The van der Waals surface area contributed by atoms with Crippen LogP contribution in [0, 0.1) is 5.82 Å². The number of ether oxygens (including phenoxy) is 1. The molecule has 2 aromatic carbocycles. The van der Waals surface area contributed by atoms with Crippen molar-refractivity contribution in [1.29, 1.82) is 0 Å². The minimum absolute atomic E-state index is 0.0557. The van der Waals surface area contributed by atoms with Gasteiger partial charge in [-0.1, -0.05) is 18.2 Å². The first-order chi connectivity index (χ1) is 13.4. The molecule has 1 fully saturated rings. The first kappa shape index (κ1) is 19.9. The highest BCUT2D eigenvalue weighted by Gasteiger charge is 2.33. The Morgan fingerprint density at radius 1 is 1.14 bits per heavy atom. The van der Waals surface area contributed by atoms with E-state index in [2.05, 4.69) is 5.32 Å². The van der Waals surface area contributed by atoms with Crippen molar-refractivity contribution in [3.8, 4) is 5.75 Å². The van der Waals surface area contributed by atoms with Crippen molar-refractivity contribution in [1.82, 2.24) is 10.2 Å². The van der Waals surface area contributed by atoms with Crippen LogP contribution in [0.4, 0.5) is 4.39 Å². The van der Waals surface area contributed by atoms with Crippen molar-refractivity contribution >= 4 is 11.8 Å². The van der Waals surface area contributed by atoms with Gasteiger partial charge in [-0.3, -0.25) is 9.59 Å². The lowest BCUT2D eigenvalue weighted by atomic mass is 10.2. The molecule has 1 aliphatic carbocycles. The molecule has 0 unspecified atom stereocenters. The molecule has 0 aromatic heterocycles. The van der Waals surface area contributed by atoms with Gasteiger partial charge in [-0.25, -0.2) is 4.39 Å². The Balaban J connectivity index is 1.57. The molecule has 1 saturated carbocycles. The molecule has 148 valence electrons. The van der Waals surface area contributed by atoms with E-state index in [1.165, 1.54) is 6.07 Å². The Morgan fingerprint density at radius 2 is 1.82 bits per heavy atom. The smallest absolute Gasteiger partial charge is 0.251 e. The summed E-state index contributed by atoms with van der Waals surface area (Å²) in [5.74, 6) is -0.175. The molecular formula is C22H25FN2O3. The van der Waals surface area contributed by atoms with Gasteiger partial charge in [0.25, 0.3) is 5.91 Å². The van der Waals surface area contributed by atoms with Gasteiger partial charge in [0.2, 0.25) is 5.91 Å². The molecule has 5 nitrogen and oxygen atoms in total. The van der Waals surface area contributed by atoms with Crippen molar-refractivity contribution in [3.63, 3.8) is 0 Å². The molecule has 0 radical (unpaired) electrons. The second-order valence-electron chi connectivity index (χ2n) is 7.22. The summed E-state index contributed by atoms with van der Waals surface area (Å²) < 4.78 is 19.5. The van der Waals surface area contributed by atoms with E-state index < -0.39 is 0 Å². The molecule has 0 aliphatic heterocycles. The van der Waals surface area contributed by atoms with Crippen LogP contribution < -0.4 is 10.1 Å². The number of rotatable bonds is 8. The van der Waals surface area contributed by atoms with Crippen molar-refractivity contribution in [2.75, 3.05) is 6.54 Å². The number of hydrogen-bond acceptors (Lipinski definition) is 3. The lowest BCUT2D eigenvalue weighted by Gasteiger charge is -2.23. The summed E-state index contributed by atoms with van der Waals surface area (Å²) in [5.41, 5.74) is 0.936. The van der Waals surface area contributed by atoms with Crippen LogP contribution in [0.5, 0.6) is 5.75 Å². The van der Waals surface area contributed by atoms with E-state index in [1.807, 2.05) is 13.8 Å². The van der Waals surface area contributed by atoms with Crippen molar-refractivity contribution in [3.05, 3.63) is 65.5 Å². The summed E-state index contributed by atoms with van der Waals surface area (Å²) in [6.45, 7) is 3.96. The number of amides is 2. The largest absolute Gasteiger partial charge is 0.491 e. The molecule has 6 heteroatoms. The van der Waals surface area contributed by atoms with Crippen LogP contribution in [0.1, 0.15) is 42.6 Å². The minimum Gasteiger partial charge on any atom is -0.491 e. The van der Waals surface area contributed by atoms with Gasteiger partial charge in [0.15, 0.2) is 0 Å². The van der Waals surface area contributed by atoms with E-state index >= 15 is 0 Å². The van der Waals surface area contributed by atoms with Crippen LogP contribution in [0.25, 0.3) is 0 Å². The first-order valence-corrected chi connectivity index (χ1v) is 9.52. The van der Waals surface area contributed by atoms with Gasteiger partial charge in [-0.15, -0.1) is 0 Å². The van der Waals surface area contributed by atoms with Gasteiger partial charge in [-0.2, -0.15) is 0 Å². The Labute approximate surface area is 164 Å². The van der Waals surface area contributed by atoms with Gasteiger partial charge < -0.3 is 15.0 Å². The molecule has 2 amide bonds. The molecule has 0 spiro atoms. The summed E-state index contributed by atoms with van der Waals surface area (Å²) in [7, 11) is 0. The Kier molecular flexibility index (Phi) is 6.29. The van der Waals surface area contributed by atoms with Gasteiger partial charge in [0.05, 0.1) is 12.6 Å². The SMILES string of the molecule is CC(C)Oc1ccc(C(=O)NCC(=O)N(Cc2ccccc2F)C2CC2)cc1. The molecule has 0 bridgehead atoms. The predicted molar refractivity (Wildman–Crippen MR) is 105 cm³/mol. The maximum absolute atomic E-state index is 13.9. The predicted octanol–water partition coefficient (Wildman–Crippen LogP) is 3.53. The van der Waals surface area contributed by atoms with Crippen LogP contribution in [0.3, 0.4) is 0 Å². The maximum atomic E-state index is 13.9. The Hall–Kier alpha value is -2.89. The average Bonchev–Trinajstić information content (AvgIpc) is 3.50. The van der Waals surface area contributed by atoms with E-state index in [4.69, 9.17) is 4.74 Å². The zero-order valence-corrected chi connectivity index (χ0v) is 16.2. The third-order valence-corrected chi connectivity index (χ3v) is 4.49. The number of halogens is 1. The molecular weight excluding hydrogens is 359 g/mol. The maximum Gasteiger partial charge on any atom is 0.251 e. The standard InChI is InChI=1S/C22H25FN2O3/c1-15(2)28-19-11-7-16(8-12-19)22(27)24-13-21(26)25(18-9-10-18)14-17-5-3-4-6-20(17)23/h3-8,11-12,15,18H,9-10,13-14H2,1-2H3,(H,24,27). The third kappa shape index (κ3) is 5.31. The van der Waals surface area contributed by atoms with Crippen LogP contribution in [0.2, 0.25) is 0 Å². The number of nitrogens with zero attached hydrogens (tertiary/aromatic N) is 1. The molecule has 0 saturated heterocycles. The van der Waals surface area contributed by atoms with E-state index in [-0.39, 0.29) is 42.9 Å². The molecule has 1 N–H and O–H groups in total. The number of hydrogen-bond donors (Lipinski definition) is 1.